The highest BCUT2D eigenvalue weighted by Gasteiger charge is 2.32. The monoisotopic (exact) mass is 560 g/mol. The molecule has 208 valence electrons. The van der Waals surface area contributed by atoms with Crippen LogP contribution in [0.25, 0.3) is 11.0 Å². The molecule has 2 aromatic heterocycles. The molecule has 2 aromatic carbocycles. The lowest BCUT2D eigenvalue weighted by Crippen LogP contribution is -2.42. The molecule has 10 nitrogen and oxygen atoms in total. The molecule has 4 aromatic rings. The van der Waals surface area contributed by atoms with E-state index in [9.17, 15) is 13.2 Å². The number of piperidine rings is 1. The van der Waals surface area contributed by atoms with Gasteiger partial charge < -0.3 is 15.0 Å². The molecule has 4 heterocycles. The van der Waals surface area contributed by atoms with Gasteiger partial charge in [0.15, 0.2) is 5.75 Å². The summed E-state index contributed by atoms with van der Waals surface area (Å²) >= 11 is 0. The maximum atomic E-state index is 13.6. The molecule has 0 spiro atoms. The zero-order valence-electron chi connectivity index (χ0n) is 22.5. The van der Waals surface area contributed by atoms with E-state index in [4.69, 9.17) is 4.74 Å². The highest BCUT2D eigenvalue weighted by Crippen LogP contribution is 2.30. The van der Waals surface area contributed by atoms with E-state index in [1.54, 1.807) is 43.5 Å². The van der Waals surface area contributed by atoms with Crippen molar-refractivity contribution in [2.45, 2.75) is 43.2 Å². The second kappa shape index (κ2) is 10.6. The van der Waals surface area contributed by atoms with E-state index in [0.29, 0.717) is 28.5 Å². The van der Waals surface area contributed by atoms with E-state index in [1.165, 1.54) is 10.1 Å². The third-order valence-electron chi connectivity index (χ3n) is 7.68. The number of pyridine rings is 1. The topological polar surface area (TPSA) is 118 Å². The molecule has 0 bridgehead atoms. The average molecular weight is 561 g/mol. The Hall–Kier alpha value is -3.80. The van der Waals surface area contributed by atoms with Crippen LogP contribution in [0.15, 0.2) is 70.5 Å². The second-order valence-electron chi connectivity index (χ2n) is 10.4. The van der Waals surface area contributed by atoms with E-state index in [2.05, 4.69) is 44.1 Å². The van der Waals surface area contributed by atoms with Crippen molar-refractivity contribution in [2.75, 3.05) is 32.1 Å². The summed E-state index contributed by atoms with van der Waals surface area (Å²) in [5.41, 5.74) is 2.61. The van der Waals surface area contributed by atoms with E-state index < -0.39 is 21.7 Å². The number of nitrogens with one attached hydrogen (secondary N) is 2. The Kier molecular flexibility index (Phi) is 7.03. The number of benzene rings is 2. The van der Waals surface area contributed by atoms with Gasteiger partial charge in [-0.2, -0.15) is 9.71 Å². The van der Waals surface area contributed by atoms with Crippen molar-refractivity contribution >= 4 is 32.7 Å². The van der Waals surface area contributed by atoms with Crippen molar-refractivity contribution in [3.63, 3.8) is 0 Å². The SMILES string of the molecule is CCOc1cc2cnc(Nc3ccc(C4CCN(C)CC4)cc3)nc2n(C2Cc3ccccc3S(=O)(=O)N2)c1=O. The normalized spacial score (nSPS) is 19.3. The van der Waals surface area contributed by atoms with Gasteiger partial charge in [0, 0.05) is 23.7 Å². The zero-order valence-corrected chi connectivity index (χ0v) is 23.3. The number of anilines is 2. The number of aromatic nitrogens is 3. The number of nitrogens with zero attached hydrogens (tertiary/aromatic N) is 4. The summed E-state index contributed by atoms with van der Waals surface area (Å²) in [6, 6.07) is 16.7. The molecule has 2 N–H and O–H groups in total. The summed E-state index contributed by atoms with van der Waals surface area (Å²) in [7, 11) is -1.68. The van der Waals surface area contributed by atoms with Gasteiger partial charge in [-0.15, -0.1) is 0 Å². The number of sulfonamides is 1. The second-order valence-corrected chi connectivity index (χ2v) is 12.0. The molecule has 1 unspecified atom stereocenters. The van der Waals surface area contributed by atoms with E-state index in [0.717, 1.165) is 31.6 Å². The summed E-state index contributed by atoms with van der Waals surface area (Å²) in [5.74, 6) is 0.971. The maximum Gasteiger partial charge on any atom is 0.295 e. The van der Waals surface area contributed by atoms with Gasteiger partial charge in [-0.25, -0.2) is 13.4 Å². The van der Waals surface area contributed by atoms with E-state index in [1.807, 2.05) is 12.1 Å². The summed E-state index contributed by atoms with van der Waals surface area (Å²) in [5, 5.41) is 3.80. The van der Waals surface area contributed by atoms with Crippen LogP contribution < -0.4 is 20.3 Å². The van der Waals surface area contributed by atoms with Gasteiger partial charge in [-0.05, 0) is 81.2 Å². The van der Waals surface area contributed by atoms with Gasteiger partial charge >= 0.3 is 0 Å². The third-order valence-corrected chi connectivity index (χ3v) is 9.23. The first kappa shape index (κ1) is 26.4. The average Bonchev–Trinajstić information content (AvgIpc) is 2.94. The number of likely N-dealkylation sites (tertiary alicyclic amines) is 1. The summed E-state index contributed by atoms with van der Waals surface area (Å²) in [6.07, 6.45) is 3.31. The minimum absolute atomic E-state index is 0.113. The Labute approximate surface area is 233 Å². The summed E-state index contributed by atoms with van der Waals surface area (Å²) in [4.78, 5) is 25.3. The molecule has 2 aliphatic heterocycles. The molecule has 40 heavy (non-hydrogen) atoms. The number of hydrogen-bond acceptors (Lipinski definition) is 8. The quantitative estimate of drug-likeness (QED) is 0.366. The van der Waals surface area contributed by atoms with Crippen molar-refractivity contribution in [1.82, 2.24) is 24.2 Å². The number of rotatable bonds is 6. The molecular weight excluding hydrogens is 528 g/mol. The van der Waals surface area contributed by atoms with Gasteiger partial charge in [0.1, 0.15) is 11.8 Å². The van der Waals surface area contributed by atoms with Gasteiger partial charge in [0.2, 0.25) is 16.0 Å². The van der Waals surface area contributed by atoms with Crippen LogP contribution in [0.4, 0.5) is 11.6 Å². The molecule has 2 aliphatic rings. The first-order chi connectivity index (χ1) is 19.3. The number of fused-ring (bicyclic) bond motifs is 2. The Morgan fingerprint density at radius 1 is 1.10 bits per heavy atom. The van der Waals surface area contributed by atoms with E-state index >= 15 is 0 Å². The van der Waals surface area contributed by atoms with E-state index in [-0.39, 0.29) is 23.7 Å². The van der Waals surface area contributed by atoms with Crippen LogP contribution in [-0.2, 0) is 16.4 Å². The molecule has 0 aliphatic carbocycles. The lowest BCUT2D eigenvalue weighted by Gasteiger charge is -2.29. The fourth-order valence-corrected chi connectivity index (χ4v) is 7.01. The summed E-state index contributed by atoms with van der Waals surface area (Å²) in [6.45, 7) is 4.28. The molecule has 1 saturated heterocycles. The molecule has 11 heteroatoms. The smallest absolute Gasteiger partial charge is 0.295 e. The van der Waals surface area contributed by atoms with Crippen LogP contribution in [0.2, 0.25) is 0 Å². The highest BCUT2D eigenvalue weighted by molar-refractivity contribution is 7.89. The van der Waals surface area contributed by atoms with Crippen molar-refractivity contribution in [2.24, 2.45) is 0 Å². The molecule has 0 amide bonds. The van der Waals surface area contributed by atoms with Gasteiger partial charge in [0.25, 0.3) is 5.56 Å². The largest absolute Gasteiger partial charge is 0.488 e. The molecular formula is C29H32N6O4S. The van der Waals surface area contributed by atoms with Crippen molar-refractivity contribution < 1.29 is 13.2 Å². The van der Waals surface area contributed by atoms with Crippen molar-refractivity contribution in [3.05, 3.63) is 82.3 Å². The van der Waals surface area contributed by atoms with Crippen LogP contribution in [0, 0.1) is 0 Å². The summed E-state index contributed by atoms with van der Waals surface area (Å²) < 4.78 is 35.8. The first-order valence-electron chi connectivity index (χ1n) is 13.5. The Bertz CT molecular complexity index is 1710. The van der Waals surface area contributed by atoms with Crippen molar-refractivity contribution in [3.8, 4) is 5.75 Å². The lowest BCUT2D eigenvalue weighted by atomic mass is 9.89. The lowest BCUT2D eigenvalue weighted by molar-refractivity contribution is 0.255. The highest BCUT2D eigenvalue weighted by atomic mass is 32.2. The molecule has 1 fully saturated rings. The van der Waals surface area contributed by atoms with Crippen LogP contribution in [0.5, 0.6) is 5.75 Å². The number of ether oxygens (including phenoxy) is 1. The Morgan fingerprint density at radius 3 is 2.60 bits per heavy atom. The standard InChI is InChI=1S/C29H32N6O4S/c1-3-39-24-16-22-18-30-29(31-23-10-8-19(9-11-23)20-12-14-34(2)15-13-20)32-27(22)35(28(24)36)26-17-21-6-4-5-7-25(21)40(37,38)33-26/h4-11,16,18,20,26,33H,3,12-15,17H2,1-2H3,(H,30,31,32). The van der Waals surface area contributed by atoms with Crippen LogP contribution >= 0.6 is 0 Å². The molecule has 6 rings (SSSR count). The van der Waals surface area contributed by atoms with Crippen LogP contribution in [-0.4, -0.2) is 54.6 Å². The number of hydrogen-bond donors (Lipinski definition) is 2. The van der Waals surface area contributed by atoms with Crippen LogP contribution in [0.1, 0.15) is 43.0 Å². The van der Waals surface area contributed by atoms with Gasteiger partial charge in [-0.3, -0.25) is 9.36 Å². The Balaban J connectivity index is 1.35. The third kappa shape index (κ3) is 5.07. The predicted molar refractivity (Wildman–Crippen MR) is 154 cm³/mol. The van der Waals surface area contributed by atoms with Gasteiger partial charge in [0.05, 0.1) is 11.5 Å². The molecule has 0 radical (unpaired) electrons. The minimum Gasteiger partial charge on any atom is -0.488 e. The first-order valence-corrected chi connectivity index (χ1v) is 15.0. The minimum atomic E-state index is -3.84. The molecule has 1 atom stereocenters. The van der Waals surface area contributed by atoms with Crippen LogP contribution in [0.3, 0.4) is 0 Å². The fraction of sp³-hybridized carbons (Fsp3) is 0.345. The zero-order chi connectivity index (χ0) is 27.9. The van der Waals surface area contributed by atoms with Gasteiger partial charge in [-0.1, -0.05) is 30.3 Å². The van der Waals surface area contributed by atoms with Crippen molar-refractivity contribution in [1.29, 1.82) is 0 Å². The fourth-order valence-electron chi connectivity index (χ4n) is 5.58. The predicted octanol–water partition coefficient (Wildman–Crippen LogP) is 3.78. The molecule has 0 saturated carbocycles. The Morgan fingerprint density at radius 2 is 1.85 bits per heavy atom. The maximum absolute atomic E-state index is 13.6.